The van der Waals surface area contributed by atoms with E-state index in [4.69, 9.17) is 0 Å². The first-order chi connectivity index (χ1) is 10.2. The number of aliphatic hydroxyl groups is 1. The second kappa shape index (κ2) is 6.00. The molecule has 1 aliphatic rings. The number of aliphatic hydroxyl groups excluding tert-OH is 1. The predicted molar refractivity (Wildman–Crippen MR) is 85.4 cm³/mol. The number of fused-ring (bicyclic) bond motifs is 1. The van der Waals surface area contributed by atoms with Crippen LogP contribution in [0.3, 0.4) is 0 Å². The standard InChI is InChI=1S/C17H16BrNO2/c18-10-11-5-7-12(8-6-11)17(21)19-16-14-4-2-1-3-13(14)9-15(16)20/h1-8,15-16,20H,9-10H2,(H,19,21)/t15-,16+/m1/s1. The molecule has 108 valence electrons. The first kappa shape index (κ1) is 14.3. The molecule has 2 aromatic carbocycles. The maximum Gasteiger partial charge on any atom is 0.251 e. The number of hydrogen-bond acceptors (Lipinski definition) is 2. The summed E-state index contributed by atoms with van der Waals surface area (Å²) in [6.07, 6.45) is 0.0251. The van der Waals surface area contributed by atoms with E-state index in [1.807, 2.05) is 36.4 Å². The van der Waals surface area contributed by atoms with Gasteiger partial charge in [-0.15, -0.1) is 0 Å². The van der Waals surface area contributed by atoms with Gasteiger partial charge in [-0.2, -0.15) is 0 Å². The third-order valence-corrected chi connectivity index (χ3v) is 4.51. The van der Waals surface area contributed by atoms with E-state index in [1.54, 1.807) is 12.1 Å². The van der Waals surface area contributed by atoms with Gasteiger partial charge >= 0.3 is 0 Å². The Bertz CT molecular complexity index is 654. The molecule has 21 heavy (non-hydrogen) atoms. The summed E-state index contributed by atoms with van der Waals surface area (Å²) in [5.41, 5.74) is 3.84. The lowest BCUT2D eigenvalue weighted by molar-refractivity contribution is 0.0858. The van der Waals surface area contributed by atoms with Crippen molar-refractivity contribution in [1.29, 1.82) is 0 Å². The van der Waals surface area contributed by atoms with E-state index in [2.05, 4.69) is 21.2 Å². The summed E-state index contributed by atoms with van der Waals surface area (Å²) >= 11 is 3.38. The van der Waals surface area contributed by atoms with Crippen molar-refractivity contribution in [3.8, 4) is 0 Å². The minimum Gasteiger partial charge on any atom is -0.390 e. The van der Waals surface area contributed by atoms with Crippen LogP contribution in [-0.2, 0) is 11.8 Å². The van der Waals surface area contributed by atoms with E-state index >= 15 is 0 Å². The highest BCUT2D eigenvalue weighted by molar-refractivity contribution is 9.08. The summed E-state index contributed by atoms with van der Waals surface area (Å²) in [5, 5.41) is 13.9. The van der Waals surface area contributed by atoms with E-state index < -0.39 is 6.10 Å². The number of halogens is 1. The van der Waals surface area contributed by atoms with E-state index in [9.17, 15) is 9.90 Å². The fraction of sp³-hybridized carbons (Fsp3) is 0.235. The molecule has 3 rings (SSSR count). The Morgan fingerprint density at radius 1 is 1.19 bits per heavy atom. The minimum atomic E-state index is -0.562. The fourth-order valence-electron chi connectivity index (χ4n) is 2.72. The Morgan fingerprint density at radius 2 is 1.90 bits per heavy atom. The number of benzene rings is 2. The molecule has 0 bridgehead atoms. The van der Waals surface area contributed by atoms with E-state index in [0.29, 0.717) is 12.0 Å². The van der Waals surface area contributed by atoms with Crippen LogP contribution in [-0.4, -0.2) is 17.1 Å². The van der Waals surface area contributed by atoms with Gasteiger partial charge in [0.2, 0.25) is 0 Å². The predicted octanol–water partition coefficient (Wildman–Crippen LogP) is 2.97. The Morgan fingerprint density at radius 3 is 2.62 bits per heavy atom. The molecule has 0 unspecified atom stereocenters. The second-order valence-electron chi connectivity index (χ2n) is 5.25. The normalized spacial score (nSPS) is 20.1. The summed E-state index contributed by atoms with van der Waals surface area (Å²) in [6, 6.07) is 15.0. The Kier molecular flexibility index (Phi) is 4.08. The molecule has 2 aromatic rings. The molecule has 0 spiro atoms. The summed E-state index contributed by atoms with van der Waals surface area (Å²) in [7, 11) is 0. The summed E-state index contributed by atoms with van der Waals surface area (Å²) in [4.78, 5) is 12.3. The number of carbonyl (C=O) groups is 1. The van der Waals surface area contributed by atoms with E-state index in [-0.39, 0.29) is 11.9 Å². The van der Waals surface area contributed by atoms with Crippen molar-refractivity contribution >= 4 is 21.8 Å². The van der Waals surface area contributed by atoms with Crippen LogP contribution < -0.4 is 5.32 Å². The van der Waals surface area contributed by atoms with Crippen LogP contribution in [0.4, 0.5) is 0 Å². The molecular weight excluding hydrogens is 330 g/mol. The molecular formula is C17H16BrNO2. The number of nitrogens with one attached hydrogen (secondary N) is 1. The second-order valence-corrected chi connectivity index (χ2v) is 5.81. The molecule has 0 fully saturated rings. The van der Waals surface area contributed by atoms with Crippen molar-refractivity contribution in [1.82, 2.24) is 5.32 Å². The molecule has 3 nitrogen and oxygen atoms in total. The molecule has 0 heterocycles. The number of amides is 1. The first-order valence-electron chi connectivity index (χ1n) is 6.90. The minimum absolute atomic E-state index is 0.156. The summed E-state index contributed by atoms with van der Waals surface area (Å²) in [5.74, 6) is -0.156. The largest absolute Gasteiger partial charge is 0.390 e. The average molecular weight is 346 g/mol. The van der Waals surface area contributed by atoms with Gasteiger partial charge in [-0.3, -0.25) is 4.79 Å². The molecule has 0 saturated carbocycles. The van der Waals surface area contributed by atoms with Crippen LogP contribution in [0, 0.1) is 0 Å². The molecule has 1 amide bonds. The van der Waals surface area contributed by atoms with Gasteiger partial charge in [0, 0.05) is 17.3 Å². The number of alkyl halides is 1. The van der Waals surface area contributed by atoms with Gasteiger partial charge in [-0.1, -0.05) is 52.3 Å². The van der Waals surface area contributed by atoms with Crippen LogP contribution in [0.1, 0.15) is 33.1 Å². The van der Waals surface area contributed by atoms with E-state index in [1.165, 1.54) is 0 Å². The number of rotatable bonds is 3. The topological polar surface area (TPSA) is 49.3 Å². The van der Waals surface area contributed by atoms with Gasteiger partial charge in [-0.25, -0.2) is 0 Å². The lowest BCUT2D eigenvalue weighted by Crippen LogP contribution is -2.33. The molecule has 1 aliphatic carbocycles. The molecule has 2 atom stereocenters. The third kappa shape index (κ3) is 2.87. The molecule has 2 N–H and O–H groups in total. The Balaban J connectivity index is 1.78. The highest BCUT2D eigenvalue weighted by Crippen LogP contribution is 2.31. The van der Waals surface area contributed by atoms with Crippen LogP contribution in [0.25, 0.3) is 0 Å². The zero-order valence-corrected chi connectivity index (χ0v) is 13.0. The van der Waals surface area contributed by atoms with Crippen molar-refractivity contribution < 1.29 is 9.90 Å². The van der Waals surface area contributed by atoms with Crippen LogP contribution >= 0.6 is 15.9 Å². The lowest BCUT2D eigenvalue weighted by atomic mass is 10.1. The van der Waals surface area contributed by atoms with Gasteiger partial charge in [0.05, 0.1) is 12.1 Å². The van der Waals surface area contributed by atoms with Gasteiger partial charge < -0.3 is 10.4 Å². The number of hydrogen-bond donors (Lipinski definition) is 2. The molecule has 0 aliphatic heterocycles. The highest BCUT2D eigenvalue weighted by Gasteiger charge is 2.31. The zero-order chi connectivity index (χ0) is 14.8. The monoisotopic (exact) mass is 345 g/mol. The summed E-state index contributed by atoms with van der Waals surface area (Å²) < 4.78 is 0. The maximum absolute atomic E-state index is 12.3. The van der Waals surface area contributed by atoms with Crippen LogP contribution in [0.2, 0.25) is 0 Å². The van der Waals surface area contributed by atoms with Crippen molar-refractivity contribution in [2.45, 2.75) is 23.9 Å². The number of carbonyl (C=O) groups excluding carboxylic acids is 1. The van der Waals surface area contributed by atoms with Gasteiger partial charge in [0.15, 0.2) is 0 Å². The molecule has 0 saturated heterocycles. The fourth-order valence-corrected chi connectivity index (χ4v) is 3.09. The van der Waals surface area contributed by atoms with Crippen molar-refractivity contribution in [2.75, 3.05) is 0 Å². The van der Waals surface area contributed by atoms with Gasteiger partial charge in [-0.05, 0) is 28.8 Å². The van der Waals surface area contributed by atoms with Crippen LogP contribution in [0.15, 0.2) is 48.5 Å². The van der Waals surface area contributed by atoms with Gasteiger partial charge in [0.1, 0.15) is 0 Å². The van der Waals surface area contributed by atoms with Crippen molar-refractivity contribution in [3.05, 3.63) is 70.8 Å². The zero-order valence-electron chi connectivity index (χ0n) is 11.4. The van der Waals surface area contributed by atoms with Gasteiger partial charge in [0.25, 0.3) is 5.91 Å². The molecule has 4 heteroatoms. The van der Waals surface area contributed by atoms with Crippen molar-refractivity contribution in [2.24, 2.45) is 0 Å². The first-order valence-corrected chi connectivity index (χ1v) is 8.03. The average Bonchev–Trinajstić information content (AvgIpc) is 2.83. The Labute approximate surface area is 132 Å². The van der Waals surface area contributed by atoms with Crippen molar-refractivity contribution in [3.63, 3.8) is 0 Å². The van der Waals surface area contributed by atoms with Crippen LogP contribution in [0.5, 0.6) is 0 Å². The lowest BCUT2D eigenvalue weighted by Gasteiger charge is -2.18. The third-order valence-electron chi connectivity index (χ3n) is 3.86. The highest BCUT2D eigenvalue weighted by atomic mass is 79.9. The smallest absolute Gasteiger partial charge is 0.251 e. The molecule has 0 radical (unpaired) electrons. The molecule has 0 aromatic heterocycles. The Hall–Kier alpha value is -1.65. The van der Waals surface area contributed by atoms with E-state index in [0.717, 1.165) is 22.0 Å². The SMILES string of the molecule is O=C(N[C@H]1c2ccccc2C[C@H]1O)c1ccc(CBr)cc1. The summed E-state index contributed by atoms with van der Waals surface area (Å²) in [6.45, 7) is 0. The maximum atomic E-state index is 12.3. The quantitative estimate of drug-likeness (QED) is 0.840.